The second kappa shape index (κ2) is 9.37. The first kappa shape index (κ1) is 19.9. The molecule has 0 radical (unpaired) electrons. The summed E-state index contributed by atoms with van der Waals surface area (Å²) in [4.78, 5) is 26.3. The number of thiophene rings is 1. The number of hydrogen-bond acceptors (Lipinski definition) is 4. The fraction of sp³-hybridized carbons (Fsp3) is 0.273. The van der Waals surface area contributed by atoms with Crippen LogP contribution >= 0.6 is 11.3 Å². The highest BCUT2D eigenvalue weighted by Crippen LogP contribution is 2.38. The van der Waals surface area contributed by atoms with Crippen molar-refractivity contribution in [1.82, 2.24) is 5.32 Å². The summed E-state index contributed by atoms with van der Waals surface area (Å²) in [6.07, 6.45) is 8.88. The van der Waals surface area contributed by atoms with Gasteiger partial charge in [-0.2, -0.15) is 0 Å². The lowest BCUT2D eigenvalue weighted by molar-refractivity contribution is -0.111. The van der Waals surface area contributed by atoms with Crippen LogP contribution in [0.3, 0.4) is 0 Å². The quantitative estimate of drug-likeness (QED) is 0.544. The molecule has 0 saturated heterocycles. The van der Waals surface area contributed by atoms with Crippen molar-refractivity contribution in [2.24, 2.45) is 0 Å². The maximum Gasteiger partial charge on any atom is 0.254 e. The second-order valence-electron chi connectivity index (χ2n) is 6.51. The zero-order chi connectivity index (χ0) is 19.9. The van der Waals surface area contributed by atoms with E-state index < -0.39 is 0 Å². The number of aryl methyl sites for hydroxylation is 1. The summed E-state index contributed by atoms with van der Waals surface area (Å²) >= 11 is 1.51. The van der Waals surface area contributed by atoms with E-state index in [9.17, 15) is 9.59 Å². The van der Waals surface area contributed by atoms with Gasteiger partial charge in [0.15, 0.2) is 0 Å². The Labute approximate surface area is 169 Å². The molecule has 1 heterocycles. The lowest BCUT2D eigenvalue weighted by atomic mass is 9.95. The van der Waals surface area contributed by atoms with E-state index in [1.165, 1.54) is 22.3 Å². The zero-order valence-electron chi connectivity index (χ0n) is 15.9. The van der Waals surface area contributed by atoms with E-state index in [1.807, 2.05) is 24.3 Å². The summed E-state index contributed by atoms with van der Waals surface area (Å²) in [5, 5.41) is 6.36. The molecule has 1 aromatic carbocycles. The van der Waals surface area contributed by atoms with Crippen LogP contribution in [0.15, 0.2) is 43.0 Å². The van der Waals surface area contributed by atoms with Crippen LogP contribution in [-0.2, 0) is 17.6 Å². The van der Waals surface area contributed by atoms with Crippen LogP contribution in [0.25, 0.3) is 6.08 Å². The Morgan fingerprint density at radius 3 is 2.68 bits per heavy atom. The minimum Gasteiger partial charge on any atom is -0.497 e. The topological polar surface area (TPSA) is 67.4 Å². The van der Waals surface area contributed by atoms with Crippen molar-refractivity contribution in [3.05, 3.63) is 64.6 Å². The van der Waals surface area contributed by atoms with Crippen molar-refractivity contribution >= 4 is 34.2 Å². The number of carbonyl (C=O) groups excluding carboxylic acids is 2. The molecule has 2 aromatic rings. The van der Waals surface area contributed by atoms with Crippen molar-refractivity contribution < 1.29 is 14.3 Å². The van der Waals surface area contributed by atoms with Gasteiger partial charge >= 0.3 is 0 Å². The number of benzene rings is 1. The number of hydrogen-bond donors (Lipinski definition) is 2. The molecule has 1 aliphatic carbocycles. The standard InChI is InChI=1S/C22H24N2O3S/c1-3-14-23-21(26)20-17-6-4-5-7-18(17)28-22(20)24-19(25)13-10-15-8-11-16(27-2)12-9-15/h3,8-13H,1,4-7,14H2,2H3,(H,23,26)(H,24,25). The monoisotopic (exact) mass is 396 g/mol. The van der Waals surface area contributed by atoms with Crippen molar-refractivity contribution in [3.63, 3.8) is 0 Å². The van der Waals surface area contributed by atoms with Crippen LogP contribution in [0.4, 0.5) is 5.00 Å². The Morgan fingerprint density at radius 1 is 1.21 bits per heavy atom. The molecule has 0 spiro atoms. The van der Waals surface area contributed by atoms with E-state index in [2.05, 4.69) is 17.2 Å². The van der Waals surface area contributed by atoms with E-state index in [0.29, 0.717) is 17.1 Å². The Hall–Kier alpha value is -2.86. The minimum absolute atomic E-state index is 0.159. The average Bonchev–Trinajstić information content (AvgIpc) is 3.08. The van der Waals surface area contributed by atoms with Gasteiger partial charge in [-0.15, -0.1) is 17.9 Å². The van der Waals surface area contributed by atoms with Gasteiger partial charge in [-0.3, -0.25) is 9.59 Å². The molecule has 1 aromatic heterocycles. The zero-order valence-corrected chi connectivity index (χ0v) is 16.7. The number of methoxy groups -OCH3 is 1. The highest BCUT2D eigenvalue weighted by molar-refractivity contribution is 7.17. The summed E-state index contributed by atoms with van der Waals surface area (Å²) in [6.45, 7) is 4.03. The maximum atomic E-state index is 12.6. The summed E-state index contributed by atoms with van der Waals surface area (Å²) in [7, 11) is 1.61. The highest BCUT2D eigenvalue weighted by atomic mass is 32.1. The number of carbonyl (C=O) groups is 2. The summed E-state index contributed by atoms with van der Waals surface area (Å²) in [5.74, 6) is 0.349. The SMILES string of the molecule is C=CCNC(=O)c1c(NC(=O)C=Cc2ccc(OC)cc2)sc2c1CCCC2. The first-order valence-corrected chi connectivity index (χ1v) is 10.1. The molecule has 1 aliphatic rings. The molecule has 0 fully saturated rings. The first-order valence-electron chi connectivity index (χ1n) is 9.29. The van der Waals surface area contributed by atoms with Gasteiger partial charge in [0.05, 0.1) is 12.7 Å². The molecule has 2 N–H and O–H groups in total. The lowest BCUT2D eigenvalue weighted by Gasteiger charge is -2.12. The van der Waals surface area contributed by atoms with Gasteiger partial charge in [-0.25, -0.2) is 0 Å². The predicted molar refractivity (Wildman–Crippen MR) is 114 cm³/mol. The molecule has 0 aliphatic heterocycles. The fourth-order valence-electron chi connectivity index (χ4n) is 3.19. The largest absolute Gasteiger partial charge is 0.497 e. The van der Waals surface area contributed by atoms with Gasteiger partial charge in [-0.05, 0) is 55.0 Å². The predicted octanol–water partition coefficient (Wildman–Crippen LogP) is 4.20. The number of ether oxygens (including phenoxy) is 1. The summed E-state index contributed by atoms with van der Waals surface area (Å²) < 4.78 is 5.13. The van der Waals surface area contributed by atoms with Gasteiger partial charge in [0, 0.05) is 17.5 Å². The number of fused-ring (bicyclic) bond motifs is 1. The molecule has 0 unspecified atom stereocenters. The smallest absolute Gasteiger partial charge is 0.254 e. The molecule has 0 saturated carbocycles. The summed E-state index contributed by atoms with van der Waals surface area (Å²) in [5.41, 5.74) is 2.57. The van der Waals surface area contributed by atoms with Crippen LogP contribution in [0.5, 0.6) is 5.75 Å². The van der Waals surface area contributed by atoms with Gasteiger partial charge in [0.1, 0.15) is 10.8 Å². The fourth-order valence-corrected chi connectivity index (χ4v) is 4.48. The van der Waals surface area contributed by atoms with Gasteiger partial charge in [0.2, 0.25) is 5.91 Å². The van der Waals surface area contributed by atoms with Gasteiger partial charge in [0.25, 0.3) is 5.91 Å². The molecule has 28 heavy (non-hydrogen) atoms. The normalized spacial score (nSPS) is 13.0. The minimum atomic E-state index is -0.257. The Balaban J connectivity index is 1.77. The maximum absolute atomic E-state index is 12.6. The number of anilines is 1. The molecule has 146 valence electrons. The van der Waals surface area contributed by atoms with E-state index in [0.717, 1.165) is 42.6 Å². The van der Waals surface area contributed by atoms with Crippen LogP contribution < -0.4 is 15.4 Å². The molecule has 0 bridgehead atoms. The lowest BCUT2D eigenvalue weighted by Crippen LogP contribution is -2.25. The van der Waals surface area contributed by atoms with Crippen LogP contribution in [0, 0.1) is 0 Å². The van der Waals surface area contributed by atoms with Crippen LogP contribution in [0.1, 0.15) is 39.2 Å². The Morgan fingerprint density at radius 2 is 1.96 bits per heavy atom. The van der Waals surface area contributed by atoms with E-state index in [4.69, 9.17) is 4.74 Å². The molecule has 0 atom stereocenters. The second-order valence-corrected chi connectivity index (χ2v) is 7.61. The van der Waals surface area contributed by atoms with Crippen molar-refractivity contribution in [1.29, 1.82) is 0 Å². The number of rotatable bonds is 7. The van der Waals surface area contributed by atoms with Crippen molar-refractivity contribution in [3.8, 4) is 5.75 Å². The van der Waals surface area contributed by atoms with Crippen molar-refractivity contribution in [2.75, 3.05) is 19.0 Å². The number of amides is 2. The van der Waals surface area contributed by atoms with Gasteiger partial charge < -0.3 is 15.4 Å². The third kappa shape index (κ3) is 4.70. The highest BCUT2D eigenvalue weighted by Gasteiger charge is 2.25. The summed E-state index contributed by atoms with van der Waals surface area (Å²) in [6, 6.07) is 7.43. The average molecular weight is 397 g/mol. The molecule has 5 nitrogen and oxygen atoms in total. The molecule has 3 rings (SSSR count). The van der Waals surface area contributed by atoms with Crippen LogP contribution in [-0.4, -0.2) is 25.5 Å². The molecular formula is C22H24N2O3S. The van der Waals surface area contributed by atoms with E-state index >= 15 is 0 Å². The van der Waals surface area contributed by atoms with E-state index in [1.54, 1.807) is 19.3 Å². The van der Waals surface area contributed by atoms with Crippen LogP contribution in [0.2, 0.25) is 0 Å². The first-order chi connectivity index (χ1) is 13.6. The van der Waals surface area contributed by atoms with Gasteiger partial charge in [-0.1, -0.05) is 18.2 Å². The van der Waals surface area contributed by atoms with E-state index in [-0.39, 0.29) is 11.8 Å². The molecule has 2 amide bonds. The Kier molecular flexibility index (Phi) is 6.66. The molecular weight excluding hydrogens is 372 g/mol. The van der Waals surface area contributed by atoms with Crippen molar-refractivity contribution in [2.45, 2.75) is 25.7 Å². The third-order valence-corrected chi connectivity index (χ3v) is 5.79. The molecule has 6 heteroatoms. The number of nitrogens with one attached hydrogen (secondary N) is 2. The third-order valence-electron chi connectivity index (χ3n) is 4.59. The Bertz CT molecular complexity index is 897.